The molecule has 1 aliphatic heterocycles. The predicted molar refractivity (Wildman–Crippen MR) is 85.2 cm³/mol. The number of ether oxygens (including phenoxy) is 1. The third kappa shape index (κ3) is 3.85. The van der Waals surface area contributed by atoms with Gasteiger partial charge in [0.1, 0.15) is 0 Å². The van der Waals surface area contributed by atoms with E-state index in [9.17, 15) is 0 Å². The van der Waals surface area contributed by atoms with Gasteiger partial charge in [-0.1, -0.05) is 19.4 Å². The molecule has 0 aromatic heterocycles. The van der Waals surface area contributed by atoms with Gasteiger partial charge in [-0.3, -0.25) is 0 Å². The van der Waals surface area contributed by atoms with Crippen LogP contribution in [0.5, 0.6) is 0 Å². The molecule has 2 rings (SSSR count). The molecule has 2 nitrogen and oxygen atoms in total. The van der Waals surface area contributed by atoms with Gasteiger partial charge in [-0.15, -0.1) is 0 Å². The minimum Gasteiger partial charge on any atom is -0.382 e. The second-order valence-corrected chi connectivity index (χ2v) is 6.27. The monoisotopic (exact) mass is 359 g/mol. The molecule has 18 heavy (non-hydrogen) atoms. The molecule has 0 amide bonds. The minimum atomic E-state index is 0.450. The van der Waals surface area contributed by atoms with Crippen molar-refractivity contribution in [2.45, 2.75) is 51.7 Å². The predicted octanol–water partition coefficient (Wildman–Crippen LogP) is 4.36. The molecule has 0 saturated carbocycles. The van der Waals surface area contributed by atoms with Crippen molar-refractivity contribution in [1.29, 1.82) is 0 Å². The van der Waals surface area contributed by atoms with Crippen molar-refractivity contribution in [3.63, 3.8) is 0 Å². The molecule has 0 radical (unpaired) electrons. The molecule has 1 aromatic rings. The Labute approximate surface area is 124 Å². The molecule has 1 aliphatic rings. The summed E-state index contributed by atoms with van der Waals surface area (Å²) in [5.74, 6) is 0. The Balaban J connectivity index is 1.93. The average Bonchev–Trinajstić information content (AvgIpc) is 2.35. The highest BCUT2D eigenvalue weighted by atomic mass is 127. The number of halogens is 1. The zero-order chi connectivity index (χ0) is 13.0. The van der Waals surface area contributed by atoms with E-state index in [1.807, 2.05) is 0 Å². The smallest absolute Gasteiger partial charge is 0.0594 e. The highest BCUT2D eigenvalue weighted by molar-refractivity contribution is 14.1. The summed E-state index contributed by atoms with van der Waals surface area (Å²) < 4.78 is 7.12. The third-order valence-corrected chi connectivity index (χ3v) is 4.68. The van der Waals surface area contributed by atoms with Gasteiger partial charge >= 0.3 is 0 Å². The first kappa shape index (κ1) is 14.1. The number of benzene rings is 1. The molecule has 2 unspecified atom stereocenters. The minimum absolute atomic E-state index is 0.450. The van der Waals surface area contributed by atoms with E-state index in [1.54, 1.807) is 0 Å². The van der Waals surface area contributed by atoms with Gasteiger partial charge in [-0.2, -0.15) is 0 Å². The first-order valence-corrected chi connectivity index (χ1v) is 7.91. The number of rotatable bonds is 4. The fourth-order valence-electron chi connectivity index (χ4n) is 2.45. The van der Waals surface area contributed by atoms with Crippen molar-refractivity contribution >= 4 is 28.3 Å². The topological polar surface area (TPSA) is 21.3 Å². The van der Waals surface area contributed by atoms with Crippen LogP contribution in [0.4, 0.5) is 5.69 Å². The summed E-state index contributed by atoms with van der Waals surface area (Å²) in [6, 6.07) is 7.17. The lowest BCUT2D eigenvalue weighted by Crippen LogP contribution is -2.34. The summed E-state index contributed by atoms with van der Waals surface area (Å²) in [6.07, 6.45) is 5.10. The zero-order valence-electron chi connectivity index (χ0n) is 11.2. The molecule has 1 heterocycles. The molecule has 0 aliphatic carbocycles. The Morgan fingerprint density at radius 3 is 3.00 bits per heavy atom. The second-order valence-electron chi connectivity index (χ2n) is 5.11. The van der Waals surface area contributed by atoms with Gasteiger partial charge in [0.25, 0.3) is 0 Å². The molecule has 1 N–H and O–H groups in total. The molecular weight excluding hydrogens is 337 g/mol. The van der Waals surface area contributed by atoms with Crippen molar-refractivity contribution in [2.24, 2.45) is 0 Å². The lowest BCUT2D eigenvalue weighted by atomic mass is 10.00. The summed E-state index contributed by atoms with van der Waals surface area (Å²) in [6.45, 7) is 5.27. The molecule has 1 saturated heterocycles. The van der Waals surface area contributed by atoms with E-state index in [1.165, 1.54) is 27.7 Å². The van der Waals surface area contributed by atoms with E-state index >= 15 is 0 Å². The van der Waals surface area contributed by atoms with Crippen molar-refractivity contribution in [3.8, 4) is 0 Å². The average molecular weight is 359 g/mol. The summed E-state index contributed by atoms with van der Waals surface area (Å²) >= 11 is 2.40. The van der Waals surface area contributed by atoms with Gasteiger partial charge in [-0.05, 0) is 66.5 Å². The van der Waals surface area contributed by atoms with Crippen LogP contribution >= 0.6 is 22.6 Å². The number of nitrogens with one attached hydrogen (secondary N) is 1. The Hall–Kier alpha value is -0.290. The maximum atomic E-state index is 5.79. The highest BCUT2D eigenvalue weighted by Gasteiger charge is 2.21. The van der Waals surface area contributed by atoms with Crippen LogP contribution in [0.2, 0.25) is 0 Å². The van der Waals surface area contributed by atoms with Gasteiger partial charge in [0, 0.05) is 21.9 Å². The fraction of sp³-hybridized carbons (Fsp3) is 0.600. The van der Waals surface area contributed by atoms with Gasteiger partial charge in [0.05, 0.1) is 6.10 Å². The van der Waals surface area contributed by atoms with Crippen LogP contribution < -0.4 is 5.32 Å². The van der Waals surface area contributed by atoms with E-state index in [4.69, 9.17) is 4.74 Å². The van der Waals surface area contributed by atoms with Crippen LogP contribution in [0, 0.1) is 10.5 Å². The SMILES string of the molecule is CCCC1CC(Nc2ccc(C)c(I)c2)CCO1. The fourth-order valence-corrected chi connectivity index (χ4v) is 2.97. The van der Waals surface area contributed by atoms with E-state index in [0.717, 1.165) is 19.4 Å². The van der Waals surface area contributed by atoms with Crippen molar-refractivity contribution in [2.75, 3.05) is 11.9 Å². The summed E-state index contributed by atoms with van der Waals surface area (Å²) in [5.41, 5.74) is 2.59. The molecule has 0 bridgehead atoms. The van der Waals surface area contributed by atoms with E-state index in [0.29, 0.717) is 12.1 Å². The van der Waals surface area contributed by atoms with Crippen molar-refractivity contribution < 1.29 is 4.74 Å². The Morgan fingerprint density at radius 2 is 2.28 bits per heavy atom. The molecule has 2 atom stereocenters. The van der Waals surface area contributed by atoms with Crippen LogP contribution in [-0.4, -0.2) is 18.8 Å². The normalized spacial score (nSPS) is 23.9. The Kier molecular flexibility index (Phi) is 5.30. The van der Waals surface area contributed by atoms with E-state index < -0.39 is 0 Å². The molecule has 1 fully saturated rings. The molecule has 0 spiro atoms. The van der Waals surface area contributed by atoms with Crippen molar-refractivity contribution in [3.05, 3.63) is 27.3 Å². The summed E-state index contributed by atoms with van der Waals surface area (Å²) in [7, 11) is 0. The molecular formula is C15H22INO. The first-order chi connectivity index (χ1) is 8.69. The van der Waals surface area contributed by atoms with E-state index in [2.05, 4.69) is 60.0 Å². The molecule has 3 heteroatoms. The van der Waals surface area contributed by atoms with Gasteiger partial charge in [0.2, 0.25) is 0 Å². The van der Waals surface area contributed by atoms with Crippen LogP contribution in [-0.2, 0) is 4.74 Å². The number of aryl methyl sites for hydroxylation is 1. The van der Waals surface area contributed by atoms with E-state index in [-0.39, 0.29) is 0 Å². The first-order valence-electron chi connectivity index (χ1n) is 6.83. The van der Waals surface area contributed by atoms with Crippen LogP contribution in [0.25, 0.3) is 0 Å². The van der Waals surface area contributed by atoms with Crippen molar-refractivity contribution in [1.82, 2.24) is 0 Å². The maximum Gasteiger partial charge on any atom is 0.0594 e. The number of hydrogen-bond donors (Lipinski definition) is 1. The zero-order valence-corrected chi connectivity index (χ0v) is 13.4. The largest absolute Gasteiger partial charge is 0.382 e. The summed E-state index contributed by atoms with van der Waals surface area (Å²) in [4.78, 5) is 0. The van der Waals surface area contributed by atoms with Gasteiger partial charge < -0.3 is 10.1 Å². The molecule has 100 valence electrons. The van der Waals surface area contributed by atoms with Crippen LogP contribution in [0.3, 0.4) is 0 Å². The standard InChI is InChI=1S/C15H22INO/c1-3-4-14-9-13(7-8-18-14)17-12-6-5-11(2)15(16)10-12/h5-6,10,13-14,17H,3-4,7-9H2,1-2H3. The Bertz CT molecular complexity index is 392. The molecule has 1 aromatic carbocycles. The lowest BCUT2D eigenvalue weighted by Gasteiger charge is -2.30. The van der Waals surface area contributed by atoms with Gasteiger partial charge in [0.15, 0.2) is 0 Å². The number of hydrogen-bond acceptors (Lipinski definition) is 2. The Morgan fingerprint density at radius 1 is 1.44 bits per heavy atom. The van der Waals surface area contributed by atoms with Crippen LogP contribution in [0.1, 0.15) is 38.2 Å². The van der Waals surface area contributed by atoms with Crippen LogP contribution in [0.15, 0.2) is 18.2 Å². The third-order valence-electron chi connectivity index (χ3n) is 3.52. The maximum absolute atomic E-state index is 5.79. The quantitative estimate of drug-likeness (QED) is 0.807. The lowest BCUT2D eigenvalue weighted by molar-refractivity contribution is 0.00598. The number of anilines is 1. The van der Waals surface area contributed by atoms with Gasteiger partial charge in [-0.25, -0.2) is 0 Å². The highest BCUT2D eigenvalue weighted by Crippen LogP contribution is 2.23. The summed E-state index contributed by atoms with van der Waals surface area (Å²) in [5, 5.41) is 3.65. The second kappa shape index (κ2) is 6.75.